The minimum atomic E-state index is -1.03. The van der Waals surface area contributed by atoms with Crippen molar-refractivity contribution in [3.63, 3.8) is 0 Å². The standard InChI is InChI=1S/C10H12ClNO3/c1-6(5-13)12-9-4-7(11)2-3-8(9)10(14)15/h2-4,6,12-13H,5H2,1H3,(H,14,15). The van der Waals surface area contributed by atoms with Crippen LogP contribution in [0.1, 0.15) is 17.3 Å². The molecule has 0 saturated carbocycles. The molecule has 15 heavy (non-hydrogen) atoms. The van der Waals surface area contributed by atoms with Crippen LogP contribution in [0.5, 0.6) is 0 Å². The third-order valence-electron chi connectivity index (χ3n) is 1.89. The molecular formula is C10H12ClNO3. The molecule has 1 aromatic carbocycles. The van der Waals surface area contributed by atoms with Crippen molar-refractivity contribution in [2.24, 2.45) is 0 Å². The fourth-order valence-electron chi connectivity index (χ4n) is 1.13. The van der Waals surface area contributed by atoms with E-state index in [0.717, 1.165) is 0 Å². The third-order valence-corrected chi connectivity index (χ3v) is 2.12. The van der Waals surface area contributed by atoms with E-state index in [0.29, 0.717) is 10.7 Å². The van der Waals surface area contributed by atoms with Gasteiger partial charge in [-0.15, -0.1) is 0 Å². The van der Waals surface area contributed by atoms with Gasteiger partial charge in [-0.3, -0.25) is 0 Å². The van der Waals surface area contributed by atoms with E-state index in [4.69, 9.17) is 21.8 Å². The maximum atomic E-state index is 10.9. The van der Waals surface area contributed by atoms with E-state index < -0.39 is 5.97 Å². The average molecular weight is 230 g/mol. The Morgan fingerprint density at radius 2 is 2.27 bits per heavy atom. The first-order valence-corrected chi connectivity index (χ1v) is 4.82. The Balaban J connectivity index is 3.02. The van der Waals surface area contributed by atoms with Gasteiger partial charge in [0.25, 0.3) is 0 Å². The van der Waals surface area contributed by atoms with Crippen molar-refractivity contribution >= 4 is 23.3 Å². The molecule has 0 saturated heterocycles. The molecule has 3 N–H and O–H groups in total. The normalized spacial score (nSPS) is 12.2. The van der Waals surface area contributed by atoms with Crippen LogP contribution in [0.4, 0.5) is 5.69 Å². The summed E-state index contributed by atoms with van der Waals surface area (Å²) in [7, 11) is 0. The lowest BCUT2D eigenvalue weighted by Crippen LogP contribution is -2.20. The Morgan fingerprint density at radius 3 is 2.80 bits per heavy atom. The predicted octanol–water partition coefficient (Wildman–Crippen LogP) is 1.83. The molecule has 0 heterocycles. The van der Waals surface area contributed by atoms with E-state index in [1.165, 1.54) is 18.2 Å². The van der Waals surface area contributed by atoms with Crippen LogP contribution >= 0.6 is 11.6 Å². The quantitative estimate of drug-likeness (QED) is 0.737. The molecule has 0 aliphatic heterocycles. The Morgan fingerprint density at radius 1 is 1.60 bits per heavy atom. The number of benzene rings is 1. The minimum Gasteiger partial charge on any atom is -0.478 e. The second-order valence-corrected chi connectivity index (χ2v) is 3.66. The first kappa shape index (κ1) is 11.8. The summed E-state index contributed by atoms with van der Waals surface area (Å²) in [4.78, 5) is 10.9. The molecule has 1 aromatic rings. The molecule has 1 atom stereocenters. The van der Waals surface area contributed by atoms with Crippen molar-refractivity contribution in [1.82, 2.24) is 0 Å². The molecule has 0 amide bonds. The van der Waals surface area contributed by atoms with Crippen LogP contribution in [-0.4, -0.2) is 28.8 Å². The average Bonchev–Trinajstić information content (AvgIpc) is 2.17. The molecule has 82 valence electrons. The van der Waals surface area contributed by atoms with E-state index in [1.54, 1.807) is 6.92 Å². The van der Waals surface area contributed by atoms with Crippen LogP contribution in [0.2, 0.25) is 5.02 Å². The summed E-state index contributed by atoms with van der Waals surface area (Å²) < 4.78 is 0. The van der Waals surface area contributed by atoms with Gasteiger partial charge in [-0.1, -0.05) is 11.6 Å². The highest BCUT2D eigenvalue weighted by Crippen LogP contribution is 2.21. The van der Waals surface area contributed by atoms with Crippen LogP contribution in [0.3, 0.4) is 0 Å². The third kappa shape index (κ3) is 3.11. The van der Waals surface area contributed by atoms with Crippen molar-refractivity contribution in [1.29, 1.82) is 0 Å². The number of aromatic carboxylic acids is 1. The lowest BCUT2D eigenvalue weighted by atomic mass is 10.1. The number of rotatable bonds is 4. The highest BCUT2D eigenvalue weighted by Gasteiger charge is 2.11. The van der Waals surface area contributed by atoms with Gasteiger partial charge in [0.1, 0.15) is 0 Å². The van der Waals surface area contributed by atoms with Crippen molar-refractivity contribution in [3.05, 3.63) is 28.8 Å². The van der Waals surface area contributed by atoms with Crippen molar-refractivity contribution in [2.75, 3.05) is 11.9 Å². The fraction of sp³-hybridized carbons (Fsp3) is 0.300. The number of carboxylic acid groups (broad SMARTS) is 1. The lowest BCUT2D eigenvalue weighted by Gasteiger charge is -2.14. The van der Waals surface area contributed by atoms with Crippen LogP contribution in [0.25, 0.3) is 0 Å². The highest BCUT2D eigenvalue weighted by molar-refractivity contribution is 6.31. The molecular weight excluding hydrogens is 218 g/mol. The topological polar surface area (TPSA) is 69.6 Å². The molecule has 0 fully saturated rings. The molecule has 0 radical (unpaired) electrons. The minimum absolute atomic E-state index is 0.0778. The number of carboxylic acids is 1. The molecule has 0 spiro atoms. The number of hydrogen-bond donors (Lipinski definition) is 3. The van der Waals surface area contributed by atoms with Crippen LogP contribution in [0, 0.1) is 0 Å². The Labute approximate surface area is 92.5 Å². The number of anilines is 1. The Kier molecular flexibility index (Phi) is 3.94. The number of aliphatic hydroxyl groups excluding tert-OH is 1. The van der Waals surface area contributed by atoms with Crippen molar-refractivity contribution < 1.29 is 15.0 Å². The number of nitrogens with one attached hydrogen (secondary N) is 1. The summed E-state index contributed by atoms with van der Waals surface area (Å²) in [6.07, 6.45) is 0. The van der Waals surface area contributed by atoms with E-state index in [2.05, 4.69) is 5.32 Å². The Bertz CT molecular complexity index is 368. The Hall–Kier alpha value is -1.26. The molecule has 4 nitrogen and oxygen atoms in total. The highest BCUT2D eigenvalue weighted by atomic mass is 35.5. The zero-order valence-electron chi connectivity index (χ0n) is 8.20. The summed E-state index contributed by atoms with van der Waals surface area (Å²) in [6.45, 7) is 1.66. The number of carbonyl (C=O) groups is 1. The monoisotopic (exact) mass is 229 g/mol. The molecule has 0 bridgehead atoms. The zero-order valence-corrected chi connectivity index (χ0v) is 8.95. The second-order valence-electron chi connectivity index (χ2n) is 3.22. The first-order chi connectivity index (χ1) is 7.04. The summed E-state index contributed by atoms with van der Waals surface area (Å²) in [5.74, 6) is -1.03. The van der Waals surface area contributed by atoms with E-state index in [9.17, 15) is 4.79 Å². The van der Waals surface area contributed by atoms with E-state index in [1.807, 2.05) is 0 Å². The largest absolute Gasteiger partial charge is 0.478 e. The van der Waals surface area contributed by atoms with Gasteiger partial charge in [-0.05, 0) is 25.1 Å². The van der Waals surface area contributed by atoms with Crippen molar-refractivity contribution in [2.45, 2.75) is 13.0 Å². The lowest BCUT2D eigenvalue weighted by molar-refractivity contribution is 0.0698. The zero-order chi connectivity index (χ0) is 11.4. The van der Waals surface area contributed by atoms with Crippen LogP contribution < -0.4 is 5.32 Å². The SMILES string of the molecule is CC(CO)Nc1cc(Cl)ccc1C(=O)O. The maximum Gasteiger partial charge on any atom is 0.337 e. The number of hydrogen-bond acceptors (Lipinski definition) is 3. The maximum absolute atomic E-state index is 10.9. The van der Waals surface area contributed by atoms with Gasteiger partial charge in [0.15, 0.2) is 0 Å². The summed E-state index contributed by atoms with van der Waals surface area (Å²) in [5, 5.41) is 21.1. The van der Waals surface area contributed by atoms with Gasteiger partial charge in [0.05, 0.1) is 17.9 Å². The smallest absolute Gasteiger partial charge is 0.337 e. The summed E-state index contributed by atoms with van der Waals surface area (Å²) >= 11 is 5.75. The van der Waals surface area contributed by atoms with E-state index >= 15 is 0 Å². The fourth-order valence-corrected chi connectivity index (χ4v) is 1.31. The van der Waals surface area contributed by atoms with Gasteiger partial charge in [0.2, 0.25) is 0 Å². The van der Waals surface area contributed by atoms with Crippen LogP contribution in [0.15, 0.2) is 18.2 Å². The van der Waals surface area contributed by atoms with Crippen LogP contribution in [-0.2, 0) is 0 Å². The van der Waals surface area contributed by atoms with Gasteiger partial charge in [0, 0.05) is 11.1 Å². The number of halogens is 1. The molecule has 1 unspecified atom stereocenters. The van der Waals surface area contributed by atoms with Gasteiger partial charge in [-0.25, -0.2) is 4.79 Å². The first-order valence-electron chi connectivity index (χ1n) is 4.45. The molecule has 1 rings (SSSR count). The van der Waals surface area contributed by atoms with E-state index in [-0.39, 0.29) is 18.2 Å². The van der Waals surface area contributed by atoms with Gasteiger partial charge in [-0.2, -0.15) is 0 Å². The predicted molar refractivity (Wildman–Crippen MR) is 58.6 cm³/mol. The second kappa shape index (κ2) is 5.00. The van der Waals surface area contributed by atoms with Gasteiger partial charge < -0.3 is 15.5 Å². The summed E-state index contributed by atoms with van der Waals surface area (Å²) in [6, 6.07) is 4.25. The molecule has 0 aromatic heterocycles. The molecule has 5 heteroatoms. The molecule has 0 aliphatic carbocycles. The molecule has 0 aliphatic rings. The summed E-state index contributed by atoms with van der Waals surface area (Å²) in [5.41, 5.74) is 0.552. The van der Waals surface area contributed by atoms with Gasteiger partial charge >= 0.3 is 5.97 Å². The van der Waals surface area contributed by atoms with Crippen molar-refractivity contribution in [3.8, 4) is 0 Å². The number of aliphatic hydroxyl groups is 1.